The highest BCUT2D eigenvalue weighted by atomic mass is 35.5. The third kappa shape index (κ3) is 4.71. The van der Waals surface area contributed by atoms with E-state index in [2.05, 4.69) is 20.3 Å². The van der Waals surface area contributed by atoms with Gasteiger partial charge in [-0.1, -0.05) is 29.9 Å². The maximum absolute atomic E-state index is 12.5. The van der Waals surface area contributed by atoms with Gasteiger partial charge in [0.1, 0.15) is 4.88 Å². The lowest BCUT2D eigenvalue weighted by molar-refractivity contribution is 0.0531. The topological polar surface area (TPSA) is 126 Å². The molecule has 0 aromatic carbocycles. The van der Waals surface area contributed by atoms with Gasteiger partial charge in [-0.3, -0.25) is 4.79 Å². The van der Waals surface area contributed by atoms with Crippen molar-refractivity contribution in [2.24, 2.45) is 5.73 Å². The molecule has 0 bridgehead atoms. The number of hydrogen-bond donors (Lipinski definition) is 3. The zero-order valence-electron chi connectivity index (χ0n) is 16.6. The molecule has 158 valence electrons. The fourth-order valence-electron chi connectivity index (χ4n) is 3.21. The number of aromatic amines is 1. The second kappa shape index (κ2) is 9.10. The Hall–Kier alpha value is -2.17. The summed E-state index contributed by atoms with van der Waals surface area (Å²) in [7, 11) is 0. The number of nitrogens with zero attached hydrogens (tertiary/aromatic N) is 3. The molecule has 29 heavy (non-hydrogen) atoms. The third-order valence-corrected chi connectivity index (χ3v) is 6.30. The van der Waals surface area contributed by atoms with Gasteiger partial charge in [0.15, 0.2) is 16.1 Å². The third-order valence-electron chi connectivity index (χ3n) is 4.79. The number of nitrogens with two attached hydrogens (primary N) is 1. The molecule has 1 saturated heterocycles. The number of nitrogens with one attached hydrogen (secondary N) is 2. The molecule has 0 unspecified atom stereocenters. The van der Waals surface area contributed by atoms with Crippen molar-refractivity contribution in [1.82, 2.24) is 20.3 Å². The molecular formula is C18H25ClN6O3S. The second-order valence-electron chi connectivity index (χ2n) is 6.82. The maximum Gasteiger partial charge on any atom is 0.350 e. The van der Waals surface area contributed by atoms with E-state index in [4.69, 9.17) is 22.1 Å². The highest BCUT2D eigenvalue weighted by Crippen LogP contribution is 2.29. The number of carbonyl (C=O) groups is 2. The first-order valence-corrected chi connectivity index (χ1v) is 10.7. The van der Waals surface area contributed by atoms with Gasteiger partial charge in [-0.25, -0.2) is 14.8 Å². The first-order valence-electron chi connectivity index (χ1n) is 9.54. The summed E-state index contributed by atoms with van der Waals surface area (Å²) in [6.45, 7) is 6.99. The van der Waals surface area contributed by atoms with Crippen LogP contribution in [-0.4, -0.2) is 58.6 Å². The van der Waals surface area contributed by atoms with E-state index in [1.54, 1.807) is 13.8 Å². The number of imidazole rings is 1. The minimum absolute atomic E-state index is 0.191. The van der Waals surface area contributed by atoms with Gasteiger partial charge < -0.3 is 25.7 Å². The van der Waals surface area contributed by atoms with Gasteiger partial charge in [0.2, 0.25) is 0 Å². The first-order chi connectivity index (χ1) is 13.8. The Kier molecular flexibility index (Phi) is 6.76. The molecule has 9 nitrogen and oxygen atoms in total. The molecule has 2 atom stereocenters. The van der Waals surface area contributed by atoms with E-state index in [1.165, 1.54) is 11.3 Å². The molecule has 3 heterocycles. The number of hydrogen-bond acceptors (Lipinski definition) is 8. The Morgan fingerprint density at radius 1 is 1.41 bits per heavy atom. The van der Waals surface area contributed by atoms with Crippen LogP contribution in [0.4, 0.5) is 5.13 Å². The standard InChI is InChI=1S/C18H25ClN6O3S/c1-4-11-14(19)24-15(22-11)16(26)23-12-6-7-25(8-10(12)20)18-21-9(3)13(29-18)17(27)28-5-2/h10,12H,4-8,20H2,1-3H3,(H,22,24)(H,23,26)/t10-,12-/m0/s1. The van der Waals surface area contributed by atoms with Gasteiger partial charge in [-0.2, -0.15) is 0 Å². The molecule has 11 heteroatoms. The molecule has 0 aliphatic carbocycles. The maximum atomic E-state index is 12.5. The van der Waals surface area contributed by atoms with Crippen LogP contribution >= 0.6 is 22.9 Å². The molecule has 0 saturated carbocycles. The molecule has 1 fully saturated rings. The van der Waals surface area contributed by atoms with Gasteiger partial charge in [0, 0.05) is 25.2 Å². The number of ether oxygens (including phenoxy) is 1. The summed E-state index contributed by atoms with van der Waals surface area (Å²) < 4.78 is 5.07. The van der Waals surface area contributed by atoms with E-state index in [9.17, 15) is 9.59 Å². The fraction of sp³-hybridized carbons (Fsp3) is 0.556. The molecule has 1 aliphatic heterocycles. The molecule has 1 amide bonds. The number of rotatable bonds is 6. The summed E-state index contributed by atoms with van der Waals surface area (Å²) in [4.78, 5) is 38.6. The van der Waals surface area contributed by atoms with E-state index in [0.717, 1.165) is 10.8 Å². The molecule has 4 N–H and O–H groups in total. The lowest BCUT2D eigenvalue weighted by atomic mass is 10.0. The summed E-state index contributed by atoms with van der Waals surface area (Å²) >= 11 is 7.31. The monoisotopic (exact) mass is 440 g/mol. The number of aromatic nitrogens is 3. The van der Waals surface area contributed by atoms with Crippen LogP contribution in [0.3, 0.4) is 0 Å². The predicted molar refractivity (Wildman–Crippen MR) is 112 cm³/mol. The van der Waals surface area contributed by atoms with Gasteiger partial charge >= 0.3 is 5.97 Å². The van der Waals surface area contributed by atoms with E-state index in [1.807, 2.05) is 11.8 Å². The van der Waals surface area contributed by atoms with Crippen molar-refractivity contribution in [3.8, 4) is 0 Å². The fourth-order valence-corrected chi connectivity index (χ4v) is 4.47. The number of thiazole rings is 1. The number of anilines is 1. The number of H-pyrrole nitrogens is 1. The van der Waals surface area contributed by atoms with Crippen molar-refractivity contribution in [1.29, 1.82) is 0 Å². The number of halogens is 1. The molecule has 3 rings (SSSR count). The molecular weight excluding hydrogens is 416 g/mol. The van der Waals surface area contributed by atoms with Crippen LogP contribution in [0.5, 0.6) is 0 Å². The normalized spacial score (nSPS) is 19.3. The minimum Gasteiger partial charge on any atom is -0.462 e. The Balaban J connectivity index is 1.62. The summed E-state index contributed by atoms with van der Waals surface area (Å²) in [6.07, 6.45) is 1.31. The van der Waals surface area contributed by atoms with E-state index < -0.39 is 0 Å². The van der Waals surface area contributed by atoms with Gasteiger partial charge in [-0.05, 0) is 26.7 Å². The highest BCUT2D eigenvalue weighted by Gasteiger charge is 2.31. The lowest BCUT2D eigenvalue weighted by Gasteiger charge is -2.36. The first kappa shape index (κ1) is 21.5. The van der Waals surface area contributed by atoms with Crippen LogP contribution < -0.4 is 16.0 Å². The van der Waals surface area contributed by atoms with Crippen molar-refractivity contribution >= 4 is 39.9 Å². The number of piperidine rings is 1. The second-order valence-corrected chi connectivity index (χ2v) is 8.15. The summed E-state index contributed by atoms with van der Waals surface area (Å²) in [5.41, 5.74) is 7.70. The Morgan fingerprint density at radius 3 is 2.79 bits per heavy atom. The van der Waals surface area contributed by atoms with Gasteiger partial charge in [-0.15, -0.1) is 0 Å². The van der Waals surface area contributed by atoms with Crippen LogP contribution in [0.25, 0.3) is 0 Å². The van der Waals surface area contributed by atoms with Crippen LogP contribution in [0.2, 0.25) is 5.15 Å². The zero-order valence-corrected chi connectivity index (χ0v) is 18.2. The van der Waals surface area contributed by atoms with Crippen molar-refractivity contribution in [3.63, 3.8) is 0 Å². The summed E-state index contributed by atoms with van der Waals surface area (Å²) in [5.74, 6) is -0.491. The van der Waals surface area contributed by atoms with Gasteiger partial charge in [0.25, 0.3) is 5.91 Å². The molecule has 2 aromatic heterocycles. The van der Waals surface area contributed by atoms with Crippen molar-refractivity contribution in [2.45, 2.75) is 45.7 Å². The largest absolute Gasteiger partial charge is 0.462 e. The molecule has 2 aromatic rings. The zero-order chi connectivity index (χ0) is 21.1. The summed E-state index contributed by atoms with van der Waals surface area (Å²) in [5, 5.41) is 3.98. The number of esters is 1. The number of amides is 1. The minimum atomic E-state index is -0.358. The van der Waals surface area contributed by atoms with Crippen molar-refractivity contribution in [2.75, 3.05) is 24.6 Å². The SMILES string of the molecule is CCOC(=O)c1sc(N2CC[C@H](NC(=O)c3nc(Cl)c(CC)[nH]3)[C@@H](N)C2)nc1C. The van der Waals surface area contributed by atoms with Crippen LogP contribution in [-0.2, 0) is 11.2 Å². The van der Waals surface area contributed by atoms with E-state index >= 15 is 0 Å². The quantitative estimate of drug-likeness (QED) is 0.585. The Morgan fingerprint density at radius 2 is 2.17 bits per heavy atom. The van der Waals surface area contributed by atoms with Crippen LogP contribution in [0.15, 0.2) is 0 Å². The Labute approximate surface area is 178 Å². The van der Waals surface area contributed by atoms with E-state index in [0.29, 0.717) is 48.3 Å². The highest BCUT2D eigenvalue weighted by molar-refractivity contribution is 7.17. The number of aryl methyl sites for hydroxylation is 2. The predicted octanol–water partition coefficient (Wildman–Crippen LogP) is 1.90. The van der Waals surface area contributed by atoms with Crippen LogP contribution in [0, 0.1) is 6.92 Å². The number of carbonyl (C=O) groups excluding carboxylic acids is 2. The average Bonchev–Trinajstić information content (AvgIpc) is 3.26. The van der Waals surface area contributed by atoms with Gasteiger partial charge in [0.05, 0.1) is 18.0 Å². The smallest absolute Gasteiger partial charge is 0.350 e. The summed E-state index contributed by atoms with van der Waals surface area (Å²) in [6, 6.07) is -0.489. The Bertz CT molecular complexity index is 898. The van der Waals surface area contributed by atoms with Crippen LogP contribution in [0.1, 0.15) is 51.9 Å². The van der Waals surface area contributed by atoms with Crippen molar-refractivity contribution < 1.29 is 14.3 Å². The average molecular weight is 441 g/mol. The lowest BCUT2D eigenvalue weighted by Crippen LogP contribution is -2.58. The molecule has 0 radical (unpaired) electrons. The van der Waals surface area contributed by atoms with E-state index in [-0.39, 0.29) is 29.8 Å². The van der Waals surface area contributed by atoms with Crippen molar-refractivity contribution in [3.05, 3.63) is 27.2 Å². The molecule has 1 aliphatic rings. The molecule has 0 spiro atoms.